The number of amides is 1. The van der Waals surface area contributed by atoms with Crippen molar-refractivity contribution in [1.29, 1.82) is 0 Å². The van der Waals surface area contributed by atoms with Crippen LogP contribution in [0.15, 0.2) is 109 Å². The molecule has 1 amide bonds. The first kappa shape index (κ1) is 28.9. The second-order valence-electron chi connectivity index (χ2n) is 9.38. The molecule has 8 heteroatoms. The summed E-state index contributed by atoms with van der Waals surface area (Å²) >= 11 is 12.2. The zero-order chi connectivity index (χ0) is 29.5. The Hall–Kier alpha value is -4.65. The molecule has 0 aliphatic heterocycles. The number of aromatic nitrogens is 1. The van der Waals surface area contributed by atoms with Gasteiger partial charge < -0.3 is 9.47 Å². The first-order valence-corrected chi connectivity index (χ1v) is 13.9. The van der Waals surface area contributed by atoms with Gasteiger partial charge in [0, 0.05) is 16.5 Å². The number of carbonyl (C=O) groups excluding carboxylic acids is 1. The molecule has 210 valence electrons. The molecule has 0 radical (unpaired) electrons. The van der Waals surface area contributed by atoms with Crippen LogP contribution < -0.4 is 14.9 Å². The maximum atomic E-state index is 13.3. The van der Waals surface area contributed by atoms with Crippen LogP contribution >= 0.6 is 23.2 Å². The molecule has 0 bridgehead atoms. The largest absolute Gasteiger partial charge is 0.493 e. The number of methoxy groups -OCH3 is 1. The minimum atomic E-state index is -0.345. The van der Waals surface area contributed by atoms with E-state index in [1.165, 1.54) is 0 Å². The smallest absolute Gasteiger partial charge is 0.272 e. The lowest BCUT2D eigenvalue weighted by Gasteiger charge is -2.16. The quantitative estimate of drug-likeness (QED) is 0.100. The molecule has 1 aromatic heterocycles. The fraction of sp³-hybridized carbons (Fsp3) is 0.0882. The number of hydrogen-bond acceptors (Lipinski definition) is 5. The summed E-state index contributed by atoms with van der Waals surface area (Å²) in [6, 6.07) is 28.1. The monoisotopic (exact) mass is 595 g/mol. The standard InChI is InChI=1S/C34H27Cl2N3O3/c1-3-9-25-16-23(18-32(41-2)33(25)42-21-22-14-15-28(35)29(36)17-22)20-37-39-34(40)27-19-31(24-10-5-4-6-11-24)38-30-13-8-7-12-26(27)30/h3-8,10-20H,1,9,21H2,2H3,(H,39,40)/b37-20+. The van der Waals surface area contributed by atoms with Crippen LogP contribution in [0.1, 0.15) is 27.0 Å². The van der Waals surface area contributed by atoms with Crippen LogP contribution in [-0.2, 0) is 13.0 Å². The summed E-state index contributed by atoms with van der Waals surface area (Å²) in [4.78, 5) is 18.1. The normalized spacial score (nSPS) is 11.0. The van der Waals surface area contributed by atoms with E-state index in [0.717, 1.165) is 33.2 Å². The van der Waals surface area contributed by atoms with E-state index in [4.69, 9.17) is 37.7 Å². The van der Waals surface area contributed by atoms with Crippen molar-refractivity contribution in [2.24, 2.45) is 5.10 Å². The van der Waals surface area contributed by atoms with Gasteiger partial charge in [-0.15, -0.1) is 6.58 Å². The number of carbonyl (C=O) groups is 1. The molecular formula is C34H27Cl2N3O3. The highest BCUT2D eigenvalue weighted by Gasteiger charge is 2.15. The van der Waals surface area contributed by atoms with Gasteiger partial charge in [0.05, 0.1) is 40.1 Å². The van der Waals surface area contributed by atoms with Gasteiger partial charge in [-0.3, -0.25) is 4.79 Å². The van der Waals surface area contributed by atoms with Crippen molar-refractivity contribution in [3.63, 3.8) is 0 Å². The summed E-state index contributed by atoms with van der Waals surface area (Å²) in [7, 11) is 1.57. The zero-order valence-corrected chi connectivity index (χ0v) is 24.3. The van der Waals surface area contributed by atoms with E-state index in [0.29, 0.717) is 39.2 Å². The fourth-order valence-corrected chi connectivity index (χ4v) is 4.83. The van der Waals surface area contributed by atoms with Gasteiger partial charge in [-0.1, -0.05) is 83.9 Å². The van der Waals surface area contributed by atoms with Crippen molar-refractivity contribution < 1.29 is 14.3 Å². The molecule has 0 saturated carbocycles. The van der Waals surface area contributed by atoms with Gasteiger partial charge in [-0.25, -0.2) is 10.4 Å². The van der Waals surface area contributed by atoms with E-state index < -0.39 is 0 Å². The highest BCUT2D eigenvalue weighted by atomic mass is 35.5. The van der Waals surface area contributed by atoms with Crippen LogP contribution in [-0.4, -0.2) is 24.2 Å². The van der Waals surface area contributed by atoms with Gasteiger partial charge in [0.25, 0.3) is 5.91 Å². The van der Waals surface area contributed by atoms with Gasteiger partial charge in [-0.05, 0) is 53.9 Å². The van der Waals surface area contributed by atoms with E-state index in [2.05, 4.69) is 17.1 Å². The average Bonchev–Trinajstić information content (AvgIpc) is 3.02. The minimum Gasteiger partial charge on any atom is -0.493 e. The van der Waals surface area contributed by atoms with Crippen molar-refractivity contribution >= 4 is 46.2 Å². The molecule has 5 aromatic rings. The Morgan fingerprint density at radius 1 is 0.976 bits per heavy atom. The van der Waals surface area contributed by atoms with Gasteiger partial charge in [0.15, 0.2) is 11.5 Å². The number of ether oxygens (including phenoxy) is 2. The predicted molar refractivity (Wildman–Crippen MR) is 170 cm³/mol. The number of rotatable bonds is 10. The number of hydrogen-bond donors (Lipinski definition) is 1. The lowest BCUT2D eigenvalue weighted by molar-refractivity contribution is 0.0956. The Bertz CT molecular complexity index is 1790. The molecule has 1 N–H and O–H groups in total. The third-order valence-corrected chi connectivity index (χ3v) is 7.25. The number of nitrogens with zero attached hydrogens (tertiary/aromatic N) is 2. The van der Waals surface area contributed by atoms with Crippen molar-refractivity contribution in [2.45, 2.75) is 13.0 Å². The molecule has 0 atom stereocenters. The summed E-state index contributed by atoms with van der Waals surface area (Å²) < 4.78 is 11.8. The number of nitrogens with one attached hydrogen (secondary N) is 1. The van der Waals surface area contributed by atoms with Crippen LogP contribution in [0.5, 0.6) is 11.5 Å². The number of para-hydroxylation sites is 1. The van der Waals surface area contributed by atoms with Gasteiger partial charge in [0.1, 0.15) is 6.61 Å². The molecule has 0 spiro atoms. The number of halogens is 2. The number of benzene rings is 4. The predicted octanol–water partition coefficient (Wildman–Crippen LogP) is 8.29. The van der Waals surface area contributed by atoms with Crippen LogP contribution in [0, 0.1) is 0 Å². The molecule has 0 saturated heterocycles. The molecule has 0 unspecified atom stereocenters. The maximum Gasteiger partial charge on any atom is 0.272 e. The molecule has 0 aliphatic rings. The lowest BCUT2D eigenvalue weighted by atomic mass is 10.0. The van der Waals surface area contributed by atoms with Crippen molar-refractivity contribution in [3.8, 4) is 22.8 Å². The number of fused-ring (bicyclic) bond motifs is 1. The molecule has 5 rings (SSSR count). The van der Waals surface area contributed by atoms with E-state index in [1.807, 2.05) is 66.7 Å². The van der Waals surface area contributed by atoms with Crippen LogP contribution in [0.4, 0.5) is 0 Å². The molecule has 0 fully saturated rings. The Labute approximate surface area is 254 Å². The van der Waals surface area contributed by atoms with Crippen LogP contribution in [0.2, 0.25) is 10.0 Å². The Morgan fingerprint density at radius 2 is 1.76 bits per heavy atom. The summed E-state index contributed by atoms with van der Waals surface area (Å²) in [5.41, 5.74) is 7.93. The Balaban J connectivity index is 1.38. The highest BCUT2D eigenvalue weighted by molar-refractivity contribution is 6.42. The second-order valence-corrected chi connectivity index (χ2v) is 10.2. The lowest BCUT2D eigenvalue weighted by Crippen LogP contribution is -2.18. The van der Waals surface area contributed by atoms with Crippen molar-refractivity contribution in [2.75, 3.05) is 7.11 Å². The molecule has 6 nitrogen and oxygen atoms in total. The van der Waals surface area contributed by atoms with Gasteiger partial charge >= 0.3 is 0 Å². The number of pyridine rings is 1. The van der Waals surface area contributed by atoms with E-state index in [1.54, 1.807) is 43.7 Å². The third-order valence-electron chi connectivity index (χ3n) is 6.52. The molecule has 4 aromatic carbocycles. The van der Waals surface area contributed by atoms with E-state index >= 15 is 0 Å². The second kappa shape index (κ2) is 13.3. The van der Waals surface area contributed by atoms with Crippen molar-refractivity contribution in [1.82, 2.24) is 10.4 Å². The summed E-state index contributed by atoms with van der Waals surface area (Å²) in [5.74, 6) is 0.762. The van der Waals surface area contributed by atoms with E-state index in [9.17, 15) is 4.79 Å². The van der Waals surface area contributed by atoms with E-state index in [-0.39, 0.29) is 12.5 Å². The van der Waals surface area contributed by atoms with Gasteiger partial charge in [0.2, 0.25) is 0 Å². The summed E-state index contributed by atoms with van der Waals surface area (Å²) in [5, 5.41) is 5.93. The van der Waals surface area contributed by atoms with Crippen LogP contribution in [0.3, 0.4) is 0 Å². The summed E-state index contributed by atoms with van der Waals surface area (Å²) in [6.07, 6.45) is 3.88. The molecule has 42 heavy (non-hydrogen) atoms. The SMILES string of the molecule is C=CCc1cc(/C=N/NC(=O)c2cc(-c3ccccc3)nc3ccccc23)cc(OC)c1OCc1ccc(Cl)c(Cl)c1. The number of hydrazone groups is 1. The third kappa shape index (κ3) is 6.62. The Morgan fingerprint density at radius 3 is 2.52 bits per heavy atom. The molecular weight excluding hydrogens is 569 g/mol. The minimum absolute atomic E-state index is 0.270. The average molecular weight is 597 g/mol. The zero-order valence-electron chi connectivity index (χ0n) is 22.8. The first-order valence-electron chi connectivity index (χ1n) is 13.1. The topological polar surface area (TPSA) is 72.8 Å². The fourth-order valence-electron chi connectivity index (χ4n) is 4.51. The molecule has 0 aliphatic carbocycles. The van der Waals surface area contributed by atoms with Crippen LogP contribution in [0.25, 0.3) is 22.2 Å². The highest BCUT2D eigenvalue weighted by Crippen LogP contribution is 2.34. The Kier molecular flexibility index (Phi) is 9.17. The van der Waals surface area contributed by atoms with Gasteiger partial charge in [-0.2, -0.15) is 5.10 Å². The maximum absolute atomic E-state index is 13.3. The van der Waals surface area contributed by atoms with Crippen molar-refractivity contribution in [3.05, 3.63) is 136 Å². The first-order chi connectivity index (χ1) is 20.5. The number of allylic oxidation sites excluding steroid dienone is 1. The summed E-state index contributed by atoms with van der Waals surface area (Å²) in [6.45, 7) is 4.14. The molecule has 1 heterocycles.